The average Bonchev–Trinajstić information content (AvgIpc) is 3.09. The topological polar surface area (TPSA) is 69.9 Å². The maximum atomic E-state index is 11.9. The molecule has 3 aromatic rings. The molecule has 0 fully saturated rings. The van der Waals surface area contributed by atoms with Crippen molar-refractivity contribution in [2.24, 2.45) is 0 Å². The molecule has 0 aliphatic rings. The molecule has 0 radical (unpaired) electrons. The van der Waals surface area contributed by atoms with E-state index in [0.29, 0.717) is 23.7 Å². The number of hydrogen-bond donors (Lipinski definition) is 0. The van der Waals surface area contributed by atoms with Crippen LogP contribution in [0.5, 0.6) is 0 Å². The summed E-state index contributed by atoms with van der Waals surface area (Å²) in [6.07, 6.45) is 3.32. The predicted molar refractivity (Wildman–Crippen MR) is 106 cm³/mol. The second-order valence-corrected chi connectivity index (χ2v) is 6.74. The number of carbonyl (C=O) groups excluding carboxylic acids is 1. The zero-order chi connectivity index (χ0) is 19.2. The van der Waals surface area contributed by atoms with E-state index in [2.05, 4.69) is 34.0 Å². The molecule has 0 saturated heterocycles. The number of benzene rings is 1. The monoisotopic (exact) mass is 380 g/mol. The fourth-order valence-electron chi connectivity index (χ4n) is 2.46. The summed E-state index contributed by atoms with van der Waals surface area (Å²) in [4.78, 5) is 11.9. The van der Waals surface area contributed by atoms with Crippen LogP contribution in [-0.4, -0.2) is 32.6 Å². The Bertz CT molecular complexity index is 934. The summed E-state index contributed by atoms with van der Waals surface area (Å²) in [6.45, 7) is 7.66. The van der Waals surface area contributed by atoms with Crippen LogP contribution in [-0.2, 0) is 10.5 Å². The van der Waals surface area contributed by atoms with E-state index in [0.717, 1.165) is 16.3 Å². The highest BCUT2D eigenvalue weighted by atomic mass is 32.2. The Morgan fingerprint density at radius 3 is 2.63 bits per heavy atom. The van der Waals surface area contributed by atoms with Gasteiger partial charge in [-0.25, -0.2) is 9.48 Å². The maximum Gasteiger partial charge on any atom is 0.341 e. The number of ether oxygens (including phenoxy) is 1. The summed E-state index contributed by atoms with van der Waals surface area (Å²) in [5.74, 6) is 0.978. The molecule has 1 aromatic carbocycles. The highest BCUT2D eigenvalue weighted by Crippen LogP contribution is 2.21. The minimum atomic E-state index is -0.385. The first-order valence-corrected chi connectivity index (χ1v) is 9.51. The zero-order valence-corrected chi connectivity index (χ0v) is 16.1. The Morgan fingerprint density at radius 2 is 2.00 bits per heavy atom. The normalized spacial score (nSPS) is 10.6. The minimum Gasteiger partial charge on any atom is -0.462 e. The van der Waals surface area contributed by atoms with E-state index in [1.165, 1.54) is 11.8 Å². The Kier molecular flexibility index (Phi) is 6.03. The molecular formula is C20H20N4O2S. The van der Waals surface area contributed by atoms with Gasteiger partial charge in [0, 0.05) is 5.75 Å². The van der Waals surface area contributed by atoms with Gasteiger partial charge in [0.15, 0.2) is 5.82 Å². The summed E-state index contributed by atoms with van der Waals surface area (Å²) in [7, 11) is 0. The third-order valence-corrected chi connectivity index (χ3v) is 4.94. The van der Waals surface area contributed by atoms with Gasteiger partial charge in [-0.15, -0.1) is 10.2 Å². The molecule has 2 heterocycles. The van der Waals surface area contributed by atoms with E-state index in [1.54, 1.807) is 30.3 Å². The molecule has 0 atom stereocenters. The molecule has 7 heteroatoms. The molecule has 0 amide bonds. The lowest BCUT2D eigenvalue weighted by Crippen LogP contribution is -2.08. The van der Waals surface area contributed by atoms with Gasteiger partial charge in [0.25, 0.3) is 0 Å². The van der Waals surface area contributed by atoms with Gasteiger partial charge in [0.1, 0.15) is 10.6 Å². The van der Waals surface area contributed by atoms with Crippen LogP contribution in [0.4, 0.5) is 0 Å². The smallest absolute Gasteiger partial charge is 0.341 e. The lowest BCUT2D eigenvalue weighted by molar-refractivity contribution is 0.0525. The van der Waals surface area contributed by atoms with E-state index in [1.807, 2.05) is 30.3 Å². The molecule has 0 unspecified atom stereocenters. The summed E-state index contributed by atoms with van der Waals surface area (Å²) in [5, 5.41) is 13.5. The number of thioether (sulfide) groups is 1. The van der Waals surface area contributed by atoms with Gasteiger partial charge in [-0.05, 0) is 37.1 Å². The SMILES string of the molecule is C=Cc1ccc(CSc2ccc(-n3ncc(C(=O)OCC)c3C)nn2)cc1. The van der Waals surface area contributed by atoms with Crippen molar-refractivity contribution in [1.29, 1.82) is 0 Å². The van der Waals surface area contributed by atoms with Crippen LogP contribution >= 0.6 is 11.8 Å². The Hall–Kier alpha value is -2.93. The lowest BCUT2D eigenvalue weighted by atomic mass is 10.1. The van der Waals surface area contributed by atoms with Crippen LogP contribution in [0.1, 0.15) is 34.1 Å². The largest absolute Gasteiger partial charge is 0.462 e. The van der Waals surface area contributed by atoms with Gasteiger partial charge >= 0.3 is 5.97 Å². The third-order valence-electron chi connectivity index (χ3n) is 3.95. The van der Waals surface area contributed by atoms with Crippen molar-refractivity contribution in [3.63, 3.8) is 0 Å². The van der Waals surface area contributed by atoms with Crippen molar-refractivity contribution >= 4 is 23.8 Å². The standard InChI is InChI=1S/C20H20N4O2S/c1-4-15-6-8-16(9-7-15)13-27-19-11-10-18(22-23-19)24-14(3)17(12-21-24)20(25)26-5-2/h4,6-12H,1,5,13H2,2-3H3. The predicted octanol–water partition coefficient (Wildman–Crippen LogP) is 4.08. The summed E-state index contributed by atoms with van der Waals surface area (Å²) >= 11 is 1.61. The highest BCUT2D eigenvalue weighted by molar-refractivity contribution is 7.98. The Morgan fingerprint density at radius 1 is 1.22 bits per heavy atom. The Labute approximate surface area is 162 Å². The average molecular weight is 380 g/mol. The molecule has 138 valence electrons. The van der Waals surface area contributed by atoms with E-state index in [9.17, 15) is 4.79 Å². The van der Waals surface area contributed by atoms with Crippen LogP contribution < -0.4 is 0 Å². The molecular weight excluding hydrogens is 360 g/mol. The third kappa shape index (κ3) is 4.43. The number of rotatable bonds is 7. The number of hydrogen-bond acceptors (Lipinski definition) is 6. The number of aromatic nitrogens is 4. The van der Waals surface area contributed by atoms with Gasteiger partial charge in [-0.3, -0.25) is 0 Å². The van der Waals surface area contributed by atoms with Gasteiger partial charge < -0.3 is 4.74 Å². The van der Waals surface area contributed by atoms with E-state index in [4.69, 9.17) is 4.74 Å². The second kappa shape index (κ2) is 8.64. The number of nitrogens with zero attached hydrogens (tertiary/aromatic N) is 4. The van der Waals surface area contributed by atoms with Crippen LogP contribution in [0.3, 0.4) is 0 Å². The fourth-order valence-corrected chi connectivity index (χ4v) is 3.23. The molecule has 0 aliphatic carbocycles. The first-order valence-electron chi connectivity index (χ1n) is 8.52. The van der Waals surface area contributed by atoms with E-state index >= 15 is 0 Å². The first kappa shape index (κ1) is 18.8. The molecule has 0 aliphatic heterocycles. The molecule has 3 rings (SSSR count). The Balaban J connectivity index is 1.68. The van der Waals surface area contributed by atoms with Crippen LogP contribution in [0.15, 0.2) is 54.2 Å². The summed E-state index contributed by atoms with van der Waals surface area (Å²) < 4.78 is 6.61. The molecule has 2 aromatic heterocycles. The summed E-state index contributed by atoms with van der Waals surface area (Å²) in [5.41, 5.74) is 3.41. The van der Waals surface area contributed by atoms with Crippen molar-refractivity contribution in [3.8, 4) is 5.82 Å². The van der Waals surface area contributed by atoms with Crippen molar-refractivity contribution in [2.45, 2.75) is 24.6 Å². The summed E-state index contributed by atoms with van der Waals surface area (Å²) in [6, 6.07) is 12.0. The molecule has 6 nitrogen and oxygen atoms in total. The molecule has 0 N–H and O–H groups in total. The molecule has 0 bridgehead atoms. The van der Waals surface area contributed by atoms with Crippen LogP contribution in [0, 0.1) is 6.92 Å². The van der Waals surface area contributed by atoms with Crippen molar-refractivity contribution in [2.75, 3.05) is 6.61 Å². The van der Waals surface area contributed by atoms with Gasteiger partial charge in [-0.1, -0.05) is 48.7 Å². The lowest BCUT2D eigenvalue weighted by Gasteiger charge is -2.05. The zero-order valence-electron chi connectivity index (χ0n) is 15.3. The second-order valence-electron chi connectivity index (χ2n) is 5.74. The molecule has 0 spiro atoms. The number of esters is 1. The van der Waals surface area contributed by atoms with E-state index < -0.39 is 0 Å². The van der Waals surface area contributed by atoms with Crippen molar-refractivity contribution in [3.05, 3.63) is 71.6 Å². The first-order chi connectivity index (χ1) is 13.1. The maximum absolute atomic E-state index is 11.9. The quantitative estimate of drug-likeness (QED) is 0.454. The van der Waals surface area contributed by atoms with Crippen LogP contribution in [0.2, 0.25) is 0 Å². The minimum absolute atomic E-state index is 0.325. The van der Waals surface area contributed by atoms with Crippen LogP contribution in [0.25, 0.3) is 11.9 Å². The molecule has 27 heavy (non-hydrogen) atoms. The van der Waals surface area contributed by atoms with Gasteiger partial charge in [0.05, 0.1) is 18.5 Å². The fraction of sp³-hybridized carbons (Fsp3) is 0.200. The van der Waals surface area contributed by atoms with Crippen molar-refractivity contribution < 1.29 is 9.53 Å². The van der Waals surface area contributed by atoms with Gasteiger partial charge in [0.2, 0.25) is 0 Å². The highest BCUT2D eigenvalue weighted by Gasteiger charge is 2.16. The van der Waals surface area contributed by atoms with Crippen molar-refractivity contribution in [1.82, 2.24) is 20.0 Å². The number of carbonyl (C=O) groups is 1. The van der Waals surface area contributed by atoms with Gasteiger partial charge in [-0.2, -0.15) is 5.10 Å². The molecule has 0 saturated carbocycles. The van der Waals surface area contributed by atoms with E-state index in [-0.39, 0.29) is 5.97 Å².